The summed E-state index contributed by atoms with van der Waals surface area (Å²) < 4.78 is 37.1. The van der Waals surface area contributed by atoms with Crippen LogP contribution in [0.25, 0.3) is 22.3 Å². The van der Waals surface area contributed by atoms with E-state index in [0.717, 1.165) is 44.3 Å². The highest BCUT2D eigenvalue weighted by molar-refractivity contribution is 7.91. The number of rotatable bonds is 5. The largest absolute Gasteiger partial charge is 0.493 e. The standard InChI is InChI=1S/C26H32N4O5S/c1-17-24-20(26(31)29-11-6-4-5-7-12-29)15-21(18-8-9-22(34-2)23(14-18)35-3)27-25(24)30(28-17)19-10-13-36(32,33)16-19/h8-9,14-15,19H,4-7,10-13,16H2,1-3H3. The number of amides is 1. The van der Waals surface area contributed by atoms with Crippen LogP contribution in [0.15, 0.2) is 24.3 Å². The van der Waals surface area contributed by atoms with Crippen LogP contribution in [-0.2, 0) is 9.84 Å². The highest BCUT2D eigenvalue weighted by Crippen LogP contribution is 2.36. The third-order valence-electron chi connectivity index (χ3n) is 7.19. The molecule has 9 nitrogen and oxygen atoms in total. The molecule has 0 bridgehead atoms. The van der Waals surface area contributed by atoms with Gasteiger partial charge in [-0.1, -0.05) is 12.8 Å². The average Bonchev–Trinajstić information content (AvgIpc) is 3.27. The maximum absolute atomic E-state index is 13.9. The summed E-state index contributed by atoms with van der Waals surface area (Å²) >= 11 is 0. The molecular formula is C26H32N4O5S. The number of benzene rings is 1. The first-order chi connectivity index (χ1) is 17.3. The molecule has 192 valence electrons. The van der Waals surface area contributed by atoms with Gasteiger partial charge in [0.1, 0.15) is 0 Å². The average molecular weight is 513 g/mol. The molecule has 0 spiro atoms. The minimum Gasteiger partial charge on any atom is -0.493 e. The van der Waals surface area contributed by atoms with Crippen LogP contribution in [0.1, 0.15) is 54.2 Å². The Morgan fingerprint density at radius 2 is 1.75 bits per heavy atom. The number of aromatic nitrogens is 3. The Hall–Kier alpha value is -3.14. The molecule has 1 unspecified atom stereocenters. The Morgan fingerprint density at radius 3 is 2.39 bits per heavy atom. The second kappa shape index (κ2) is 9.72. The summed E-state index contributed by atoms with van der Waals surface area (Å²) in [6.07, 6.45) is 4.71. The van der Waals surface area contributed by atoms with Crippen LogP contribution in [0.2, 0.25) is 0 Å². The van der Waals surface area contributed by atoms with Gasteiger partial charge in [0.2, 0.25) is 0 Å². The van der Waals surface area contributed by atoms with Crippen LogP contribution in [0, 0.1) is 6.92 Å². The van der Waals surface area contributed by atoms with Gasteiger partial charge in [-0.25, -0.2) is 18.1 Å². The van der Waals surface area contributed by atoms with Crippen molar-refractivity contribution >= 4 is 26.8 Å². The summed E-state index contributed by atoms with van der Waals surface area (Å²) in [6, 6.07) is 7.05. The molecular weight excluding hydrogens is 480 g/mol. The fraction of sp³-hybridized carbons (Fsp3) is 0.500. The fourth-order valence-electron chi connectivity index (χ4n) is 5.29. The maximum Gasteiger partial charge on any atom is 0.254 e. The third kappa shape index (κ3) is 4.54. The topological polar surface area (TPSA) is 104 Å². The molecule has 0 saturated carbocycles. The van der Waals surface area contributed by atoms with Crippen molar-refractivity contribution in [1.29, 1.82) is 0 Å². The Morgan fingerprint density at radius 1 is 1.03 bits per heavy atom. The lowest BCUT2D eigenvalue weighted by atomic mass is 10.0. The molecule has 2 aliphatic heterocycles. The van der Waals surface area contributed by atoms with E-state index in [0.29, 0.717) is 45.9 Å². The molecule has 36 heavy (non-hydrogen) atoms. The first kappa shape index (κ1) is 24.5. The van der Waals surface area contributed by atoms with Crippen molar-refractivity contribution in [2.24, 2.45) is 0 Å². The van der Waals surface area contributed by atoms with Crippen molar-refractivity contribution in [2.45, 2.75) is 45.1 Å². The summed E-state index contributed by atoms with van der Waals surface area (Å²) in [5.41, 5.74) is 3.14. The van der Waals surface area contributed by atoms with Crippen LogP contribution in [0.4, 0.5) is 0 Å². The van der Waals surface area contributed by atoms with E-state index in [1.54, 1.807) is 18.9 Å². The predicted octanol–water partition coefficient (Wildman–Crippen LogP) is 3.80. The van der Waals surface area contributed by atoms with Gasteiger partial charge in [0.15, 0.2) is 27.0 Å². The minimum atomic E-state index is -3.12. The SMILES string of the molecule is COc1ccc(-c2cc(C(=O)N3CCCCCC3)c3c(C)nn(C4CCS(=O)(=O)C4)c3n2)cc1OC. The second-order valence-corrected chi connectivity index (χ2v) is 11.8. The zero-order valence-corrected chi connectivity index (χ0v) is 21.8. The molecule has 1 amide bonds. The van der Waals surface area contributed by atoms with Gasteiger partial charge in [0.05, 0.1) is 54.1 Å². The van der Waals surface area contributed by atoms with Crippen LogP contribution in [0.5, 0.6) is 11.5 Å². The third-order valence-corrected chi connectivity index (χ3v) is 8.94. The molecule has 0 N–H and O–H groups in total. The van der Waals surface area contributed by atoms with E-state index >= 15 is 0 Å². The number of carbonyl (C=O) groups excluding carboxylic acids is 1. The van der Waals surface area contributed by atoms with Gasteiger partial charge in [-0.15, -0.1) is 0 Å². The number of hydrogen-bond donors (Lipinski definition) is 0. The zero-order chi connectivity index (χ0) is 25.4. The van der Waals surface area contributed by atoms with Crippen molar-refractivity contribution in [2.75, 3.05) is 38.8 Å². The Bertz CT molecular complexity index is 1410. The van der Waals surface area contributed by atoms with E-state index in [-0.39, 0.29) is 23.5 Å². The summed E-state index contributed by atoms with van der Waals surface area (Å²) in [4.78, 5) is 20.7. The molecule has 5 rings (SSSR count). The number of ether oxygens (including phenoxy) is 2. The maximum atomic E-state index is 13.9. The Labute approximate surface area is 211 Å². The monoisotopic (exact) mass is 512 g/mol. The van der Waals surface area contributed by atoms with Gasteiger partial charge in [0, 0.05) is 18.7 Å². The second-order valence-electron chi connectivity index (χ2n) is 9.62. The van der Waals surface area contributed by atoms with E-state index in [4.69, 9.17) is 19.6 Å². The molecule has 2 fully saturated rings. The van der Waals surface area contributed by atoms with Gasteiger partial charge in [-0.2, -0.15) is 5.10 Å². The molecule has 0 aliphatic carbocycles. The van der Waals surface area contributed by atoms with Crippen LogP contribution < -0.4 is 9.47 Å². The molecule has 3 aromatic rings. The van der Waals surface area contributed by atoms with Gasteiger partial charge in [-0.3, -0.25) is 4.79 Å². The molecule has 10 heteroatoms. The number of sulfone groups is 1. The van der Waals surface area contributed by atoms with Crippen LogP contribution >= 0.6 is 0 Å². The lowest BCUT2D eigenvalue weighted by molar-refractivity contribution is 0.0763. The summed E-state index contributed by atoms with van der Waals surface area (Å²) in [5, 5.41) is 5.41. The number of nitrogens with zero attached hydrogens (tertiary/aromatic N) is 4. The van der Waals surface area contributed by atoms with Crippen LogP contribution in [0.3, 0.4) is 0 Å². The molecule has 2 aliphatic rings. The van der Waals surface area contributed by atoms with Crippen molar-refractivity contribution < 1.29 is 22.7 Å². The van der Waals surface area contributed by atoms with E-state index in [9.17, 15) is 13.2 Å². The highest BCUT2D eigenvalue weighted by atomic mass is 32.2. The number of likely N-dealkylation sites (tertiary alicyclic amines) is 1. The molecule has 4 heterocycles. The van der Waals surface area contributed by atoms with Gasteiger partial charge < -0.3 is 14.4 Å². The summed E-state index contributed by atoms with van der Waals surface area (Å²) in [7, 11) is 0.0312. The lowest BCUT2D eigenvalue weighted by Gasteiger charge is -2.21. The van der Waals surface area contributed by atoms with Crippen LogP contribution in [-0.4, -0.2) is 72.8 Å². The van der Waals surface area contributed by atoms with E-state index in [2.05, 4.69) is 0 Å². The predicted molar refractivity (Wildman–Crippen MR) is 137 cm³/mol. The quantitative estimate of drug-likeness (QED) is 0.512. The number of fused-ring (bicyclic) bond motifs is 1. The van der Waals surface area contributed by atoms with E-state index in [1.165, 1.54) is 0 Å². The number of pyridine rings is 1. The normalized spacial score (nSPS) is 19.9. The van der Waals surface area contributed by atoms with Crippen molar-refractivity contribution in [3.63, 3.8) is 0 Å². The van der Waals surface area contributed by atoms with E-state index < -0.39 is 9.84 Å². The molecule has 2 aromatic heterocycles. The number of methoxy groups -OCH3 is 2. The number of hydrogen-bond acceptors (Lipinski definition) is 7. The lowest BCUT2D eigenvalue weighted by Crippen LogP contribution is -2.32. The summed E-state index contributed by atoms with van der Waals surface area (Å²) in [6.45, 7) is 3.31. The molecule has 1 aromatic carbocycles. The number of aryl methyl sites for hydroxylation is 1. The number of carbonyl (C=O) groups is 1. The van der Waals surface area contributed by atoms with Crippen molar-refractivity contribution in [1.82, 2.24) is 19.7 Å². The fourth-order valence-corrected chi connectivity index (χ4v) is 6.98. The Kier molecular flexibility index (Phi) is 6.63. The highest BCUT2D eigenvalue weighted by Gasteiger charge is 2.33. The Balaban J connectivity index is 1.70. The van der Waals surface area contributed by atoms with Crippen molar-refractivity contribution in [3.05, 3.63) is 35.5 Å². The van der Waals surface area contributed by atoms with E-state index in [1.807, 2.05) is 36.1 Å². The minimum absolute atomic E-state index is 0.0287. The van der Waals surface area contributed by atoms with Gasteiger partial charge in [-0.05, 0) is 50.5 Å². The molecule has 1 atom stereocenters. The zero-order valence-electron chi connectivity index (χ0n) is 21.0. The molecule has 0 radical (unpaired) electrons. The first-order valence-corrected chi connectivity index (χ1v) is 14.3. The smallest absolute Gasteiger partial charge is 0.254 e. The van der Waals surface area contributed by atoms with Gasteiger partial charge >= 0.3 is 0 Å². The summed E-state index contributed by atoms with van der Waals surface area (Å²) in [5.74, 6) is 1.28. The van der Waals surface area contributed by atoms with Gasteiger partial charge in [0.25, 0.3) is 5.91 Å². The first-order valence-electron chi connectivity index (χ1n) is 12.4. The van der Waals surface area contributed by atoms with Crippen molar-refractivity contribution in [3.8, 4) is 22.8 Å². The molecule has 2 saturated heterocycles.